The molecule has 0 aliphatic rings. The van der Waals surface area contributed by atoms with Gasteiger partial charge in [0.1, 0.15) is 5.75 Å². The predicted molar refractivity (Wildman–Crippen MR) is 110 cm³/mol. The molecule has 2 rings (SSSR count). The van der Waals surface area contributed by atoms with E-state index in [1.165, 1.54) is 12.1 Å². The molecule has 0 heterocycles. The molecule has 0 unspecified atom stereocenters. The minimum atomic E-state index is -3.59. The van der Waals surface area contributed by atoms with Crippen LogP contribution in [-0.2, 0) is 21.2 Å². The second kappa shape index (κ2) is 10.2. The number of hydrogen-bond acceptors (Lipinski definition) is 4. The number of carbonyl (C=O) groups is 1. The molecule has 152 valence electrons. The number of nitrogens with one attached hydrogen (secondary N) is 2. The van der Waals surface area contributed by atoms with E-state index in [1.54, 1.807) is 19.1 Å². The molecule has 2 aromatic rings. The van der Waals surface area contributed by atoms with E-state index in [0.29, 0.717) is 31.2 Å². The number of ether oxygens (including phenoxy) is 1. The Labute approximate surface area is 167 Å². The first-order chi connectivity index (χ1) is 13.3. The average Bonchev–Trinajstić information content (AvgIpc) is 2.67. The van der Waals surface area contributed by atoms with Crippen molar-refractivity contribution in [2.75, 3.05) is 13.1 Å². The second-order valence-corrected chi connectivity index (χ2v) is 8.77. The normalized spacial score (nSPS) is 12.6. The monoisotopic (exact) mass is 404 g/mol. The van der Waals surface area contributed by atoms with E-state index in [4.69, 9.17) is 4.74 Å². The highest BCUT2D eigenvalue weighted by Crippen LogP contribution is 2.17. The summed E-state index contributed by atoms with van der Waals surface area (Å²) < 4.78 is 33.0. The molecule has 0 saturated carbocycles. The molecule has 2 N–H and O–H groups in total. The Balaban J connectivity index is 1.88. The smallest absolute Gasteiger partial charge is 0.260 e. The number of benzene rings is 2. The van der Waals surface area contributed by atoms with Crippen molar-refractivity contribution in [1.82, 2.24) is 10.0 Å². The van der Waals surface area contributed by atoms with Crippen LogP contribution >= 0.6 is 0 Å². The molecule has 1 atom stereocenters. The van der Waals surface area contributed by atoms with Crippen LogP contribution < -0.4 is 14.8 Å². The predicted octanol–water partition coefficient (Wildman–Crippen LogP) is 2.75. The Kier molecular flexibility index (Phi) is 8.02. The first-order valence-corrected chi connectivity index (χ1v) is 10.8. The van der Waals surface area contributed by atoms with E-state index in [-0.39, 0.29) is 10.8 Å². The quantitative estimate of drug-likeness (QED) is 0.638. The van der Waals surface area contributed by atoms with Crippen LogP contribution in [0.15, 0.2) is 59.5 Å². The van der Waals surface area contributed by atoms with Gasteiger partial charge >= 0.3 is 0 Å². The molecular formula is C21H28N2O4S. The molecule has 0 aliphatic heterocycles. The number of amides is 1. The highest BCUT2D eigenvalue weighted by molar-refractivity contribution is 7.89. The van der Waals surface area contributed by atoms with Crippen LogP contribution in [0.25, 0.3) is 0 Å². The van der Waals surface area contributed by atoms with Gasteiger partial charge in [0.05, 0.1) is 4.90 Å². The van der Waals surface area contributed by atoms with Gasteiger partial charge in [-0.15, -0.1) is 0 Å². The Morgan fingerprint density at radius 3 is 2.25 bits per heavy atom. The number of rotatable bonds is 10. The van der Waals surface area contributed by atoms with Crippen molar-refractivity contribution in [2.45, 2.75) is 38.2 Å². The van der Waals surface area contributed by atoms with Crippen LogP contribution in [-0.4, -0.2) is 33.5 Å². The molecule has 0 saturated heterocycles. The molecule has 0 bridgehead atoms. The molecule has 0 radical (unpaired) electrons. The average molecular weight is 405 g/mol. The maximum absolute atomic E-state index is 12.4. The van der Waals surface area contributed by atoms with Crippen LogP contribution in [0.3, 0.4) is 0 Å². The van der Waals surface area contributed by atoms with Gasteiger partial charge in [-0.1, -0.05) is 44.2 Å². The lowest BCUT2D eigenvalue weighted by atomic mass is 10.2. The van der Waals surface area contributed by atoms with Crippen molar-refractivity contribution in [3.8, 4) is 5.75 Å². The Morgan fingerprint density at radius 1 is 1.00 bits per heavy atom. The van der Waals surface area contributed by atoms with Gasteiger partial charge in [0.25, 0.3) is 5.91 Å². The summed E-state index contributed by atoms with van der Waals surface area (Å²) in [7, 11) is -3.59. The van der Waals surface area contributed by atoms with E-state index < -0.39 is 16.1 Å². The van der Waals surface area contributed by atoms with Crippen LogP contribution in [0, 0.1) is 5.92 Å². The van der Waals surface area contributed by atoms with Crippen molar-refractivity contribution in [1.29, 1.82) is 0 Å². The van der Waals surface area contributed by atoms with Gasteiger partial charge in [0.2, 0.25) is 10.0 Å². The van der Waals surface area contributed by atoms with Crippen molar-refractivity contribution in [3.05, 3.63) is 60.2 Å². The van der Waals surface area contributed by atoms with E-state index in [1.807, 2.05) is 44.2 Å². The molecule has 0 aromatic heterocycles. The molecular weight excluding hydrogens is 376 g/mol. The van der Waals surface area contributed by atoms with Crippen molar-refractivity contribution in [3.63, 3.8) is 0 Å². The number of sulfonamides is 1. The minimum absolute atomic E-state index is 0.157. The van der Waals surface area contributed by atoms with Gasteiger partial charge in [-0.05, 0) is 49.1 Å². The zero-order valence-corrected chi connectivity index (χ0v) is 17.3. The lowest BCUT2D eigenvalue weighted by molar-refractivity contribution is -0.127. The third-order valence-electron chi connectivity index (χ3n) is 4.05. The van der Waals surface area contributed by atoms with Gasteiger partial charge in [0, 0.05) is 13.1 Å². The highest BCUT2D eigenvalue weighted by Gasteiger charge is 2.16. The van der Waals surface area contributed by atoms with Crippen molar-refractivity contribution >= 4 is 15.9 Å². The van der Waals surface area contributed by atoms with Gasteiger partial charge in [0.15, 0.2) is 6.10 Å². The fraction of sp³-hybridized carbons (Fsp3) is 0.381. The van der Waals surface area contributed by atoms with Crippen LogP contribution in [0.2, 0.25) is 0 Å². The molecule has 0 aliphatic carbocycles. The fourth-order valence-electron chi connectivity index (χ4n) is 2.46. The summed E-state index contributed by atoms with van der Waals surface area (Å²) in [5.74, 6) is 0.596. The van der Waals surface area contributed by atoms with Crippen LogP contribution in [0.5, 0.6) is 5.75 Å². The summed E-state index contributed by atoms with van der Waals surface area (Å²) in [6.45, 7) is 6.58. The number of hydrogen-bond donors (Lipinski definition) is 2. The lowest BCUT2D eigenvalue weighted by Crippen LogP contribution is -2.38. The third-order valence-corrected chi connectivity index (χ3v) is 5.53. The van der Waals surface area contributed by atoms with E-state index in [2.05, 4.69) is 10.0 Å². The molecule has 6 nitrogen and oxygen atoms in total. The third kappa shape index (κ3) is 6.98. The van der Waals surface area contributed by atoms with Crippen LogP contribution in [0.4, 0.5) is 0 Å². The van der Waals surface area contributed by atoms with Crippen molar-refractivity contribution in [2.24, 2.45) is 5.92 Å². The first kappa shape index (κ1) is 21.9. The van der Waals surface area contributed by atoms with Crippen molar-refractivity contribution < 1.29 is 17.9 Å². The Hall–Kier alpha value is -2.38. The molecule has 0 spiro atoms. The summed E-state index contributed by atoms with van der Waals surface area (Å²) in [6.07, 6.45) is -0.0465. The highest BCUT2D eigenvalue weighted by atomic mass is 32.2. The van der Waals surface area contributed by atoms with Crippen LogP contribution in [0.1, 0.15) is 26.3 Å². The molecule has 0 fully saturated rings. The van der Waals surface area contributed by atoms with Gasteiger partial charge in [-0.25, -0.2) is 13.1 Å². The number of carbonyl (C=O) groups excluding carboxylic acids is 1. The fourth-order valence-corrected chi connectivity index (χ4v) is 3.49. The Bertz CT molecular complexity index is 850. The van der Waals surface area contributed by atoms with E-state index in [9.17, 15) is 13.2 Å². The lowest BCUT2D eigenvalue weighted by Gasteiger charge is -2.16. The zero-order chi connectivity index (χ0) is 20.6. The molecule has 2 aromatic carbocycles. The summed E-state index contributed by atoms with van der Waals surface area (Å²) in [5.41, 5.74) is 1.07. The van der Waals surface area contributed by atoms with Gasteiger partial charge in [-0.3, -0.25) is 4.79 Å². The molecule has 28 heavy (non-hydrogen) atoms. The summed E-state index contributed by atoms with van der Waals surface area (Å²) in [4.78, 5) is 12.1. The first-order valence-electron chi connectivity index (χ1n) is 9.36. The summed E-state index contributed by atoms with van der Waals surface area (Å²) in [5, 5.41) is 2.80. The zero-order valence-electron chi connectivity index (χ0n) is 16.5. The topological polar surface area (TPSA) is 84.5 Å². The largest absolute Gasteiger partial charge is 0.481 e. The molecule has 7 heteroatoms. The Morgan fingerprint density at radius 2 is 1.64 bits per heavy atom. The van der Waals surface area contributed by atoms with E-state index in [0.717, 1.165) is 5.56 Å². The summed E-state index contributed by atoms with van der Waals surface area (Å²) >= 11 is 0. The van der Waals surface area contributed by atoms with Gasteiger partial charge < -0.3 is 10.1 Å². The SMILES string of the molecule is CC(C)CNC(=O)[C@@H](C)Oc1ccc(S(=O)(=O)NCCc2ccccc2)cc1. The molecule has 1 amide bonds. The minimum Gasteiger partial charge on any atom is -0.481 e. The second-order valence-electron chi connectivity index (χ2n) is 7.00. The maximum atomic E-state index is 12.4. The summed E-state index contributed by atoms with van der Waals surface area (Å²) in [6, 6.07) is 15.7. The van der Waals surface area contributed by atoms with E-state index >= 15 is 0 Å². The standard InChI is InChI=1S/C21H28N2O4S/c1-16(2)15-22-21(24)17(3)27-19-9-11-20(12-10-19)28(25,26)23-14-13-18-7-5-4-6-8-18/h4-12,16-17,23H,13-15H2,1-3H3,(H,22,24)/t17-/m1/s1. The maximum Gasteiger partial charge on any atom is 0.260 e. The van der Waals surface area contributed by atoms with Gasteiger partial charge in [-0.2, -0.15) is 0 Å².